The SMILES string of the molecule is NC(=O)C(O)C(O)c1cc(C(=O)O)c(O)cc1O. The summed E-state index contributed by atoms with van der Waals surface area (Å²) in [5.41, 5.74) is 3.72. The number of carbonyl (C=O) groups is 2. The fraction of sp³-hybridized carbons (Fsp3) is 0.200. The molecule has 0 saturated heterocycles. The second kappa shape index (κ2) is 4.90. The molecule has 0 aliphatic heterocycles. The zero-order valence-electron chi connectivity index (χ0n) is 8.94. The number of amides is 1. The molecule has 1 amide bonds. The number of rotatable bonds is 4. The van der Waals surface area contributed by atoms with Gasteiger partial charge in [-0.15, -0.1) is 0 Å². The molecular weight excluding hydrogens is 246 g/mol. The Balaban J connectivity index is 3.28. The molecule has 0 bridgehead atoms. The number of benzene rings is 1. The number of phenolic OH excluding ortho intramolecular Hbond substituents is 1. The maximum absolute atomic E-state index is 10.7. The van der Waals surface area contributed by atoms with Gasteiger partial charge in [-0.3, -0.25) is 4.79 Å². The Hall–Kier alpha value is -2.32. The van der Waals surface area contributed by atoms with E-state index in [0.29, 0.717) is 6.07 Å². The third-order valence-electron chi connectivity index (χ3n) is 2.28. The number of phenols is 2. The molecule has 18 heavy (non-hydrogen) atoms. The van der Waals surface area contributed by atoms with E-state index in [1.165, 1.54) is 0 Å². The molecule has 0 radical (unpaired) electrons. The van der Waals surface area contributed by atoms with Gasteiger partial charge in [0.1, 0.15) is 23.2 Å². The highest BCUT2D eigenvalue weighted by molar-refractivity contribution is 5.91. The molecule has 0 aliphatic carbocycles. The van der Waals surface area contributed by atoms with Crippen LogP contribution in [0.3, 0.4) is 0 Å². The van der Waals surface area contributed by atoms with Crippen LogP contribution in [0.5, 0.6) is 11.5 Å². The first-order valence-electron chi connectivity index (χ1n) is 4.70. The van der Waals surface area contributed by atoms with E-state index < -0.39 is 46.7 Å². The lowest BCUT2D eigenvalue weighted by molar-refractivity contribution is -0.132. The molecule has 8 nitrogen and oxygen atoms in total. The second-order valence-electron chi connectivity index (χ2n) is 3.53. The van der Waals surface area contributed by atoms with Gasteiger partial charge in [-0.1, -0.05) is 0 Å². The highest BCUT2D eigenvalue weighted by Crippen LogP contribution is 2.32. The topological polar surface area (TPSA) is 161 Å². The van der Waals surface area contributed by atoms with Crippen molar-refractivity contribution in [3.63, 3.8) is 0 Å². The molecule has 0 spiro atoms. The first-order valence-corrected chi connectivity index (χ1v) is 4.70. The van der Waals surface area contributed by atoms with E-state index in [4.69, 9.17) is 10.8 Å². The molecule has 0 fully saturated rings. The summed E-state index contributed by atoms with van der Waals surface area (Å²) < 4.78 is 0. The number of primary amides is 1. The first kappa shape index (κ1) is 13.7. The monoisotopic (exact) mass is 257 g/mol. The summed E-state index contributed by atoms with van der Waals surface area (Å²) >= 11 is 0. The molecule has 7 N–H and O–H groups in total. The Morgan fingerprint density at radius 1 is 1.11 bits per heavy atom. The maximum Gasteiger partial charge on any atom is 0.339 e. The van der Waals surface area contributed by atoms with Crippen molar-refractivity contribution in [2.24, 2.45) is 5.73 Å². The lowest BCUT2D eigenvalue weighted by atomic mass is 9.99. The quantitative estimate of drug-likeness (QED) is 0.389. The van der Waals surface area contributed by atoms with Crippen molar-refractivity contribution < 1.29 is 35.1 Å². The van der Waals surface area contributed by atoms with Crippen LogP contribution in [0.2, 0.25) is 0 Å². The molecule has 1 rings (SSSR count). The lowest BCUT2D eigenvalue weighted by Gasteiger charge is -2.17. The number of carbonyl (C=O) groups excluding carboxylic acids is 1. The van der Waals surface area contributed by atoms with E-state index in [1.54, 1.807) is 0 Å². The third kappa shape index (κ3) is 2.50. The van der Waals surface area contributed by atoms with Gasteiger partial charge in [0.25, 0.3) is 0 Å². The van der Waals surface area contributed by atoms with Crippen molar-refractivity contribution in [1.82, 2.24) is 0 Å². The van der Waals surface area contributed by atoms with E-state index in [2.05, 4.69) is 0 Å². The largest absolute Gasteiger partial charge is 0.507 e. The fourth-order valence-electron chi connectivity index (χ4n) is 1.33. The van der Waals surface area contributed by atoms with Crippen LogP contribution in [0.25, 0.3) is 0 Å². The summed E-state index contributed by atoms with van der Waals surface area (Å²) in [4.78, 5) is 21.4. The number of aliphatic hydroxyl groups excluding tert-OH is 2. The number of carboxylic acid groups (broad SMARTS) is 1. The van der Waals surface area contributed by atoms with Crippen LogP contribution in [0.15, 0.2) is 12.1 Å². The van der Waals surface area contributed by atoms with Gasteiger partial charge in [-0.05, 0) is 6.07 Å². The molecule has 0 saturated carbocycles. The van der Waals surface area contributed by atoms with Crippen LogP contribution < -0.4 is 5.73 Å². The fourth-order valence-corrected chi connectivity index (χ4v) is 1.33. The number of hydrogen-bond donors (Lipinski definition) is 6. The van der Waals surface area contributed by atoms with Crippen LogP contribution >= 0.6 is 0 Å². The van der Waals surface area contributed by atoms with Gasteiger partial charge in [-0.25, -0.2) is 4.79 Å². The molecule has 2 unspecified atom stereocenters. The smallest absolute Gasteiger partial charge is 0.339 e. The number of carboxylic acids is 1. The molecule has 98 valence electrons. The summed E-state index contributed by atoms with van der Waals surface area (Å²) in [7, 11) is 0. The first-order chi connectivity index (χ1) is 8.25. The van der Waals surface area contributed by atoms with Gasteiger partial charge in [0.05, 0.1) is 0 Å². The van der Waals surface area contributed by atoms with E-state index in [0.717, 1.165) is 6.07 Å². The summed E-state index contributed by atoms with van der Waals surface area (Å²) in [6.07, 6.45) is -3.91. The van der Waals surface area contributed by atoms with E-state index in [-0.39, 0.29) is 0 Å². The van der Waals surface area contributed by atoms with E-state index in [9.17, 15) is 30.0 Å². The van der Waals surface area contributed by atoms with Crippen LogP contribution in [0.1, 0.15) is 22.0 Å². The zero-order chi connectivity index (χ0) is 14.0. The van der Waals surface area contributed by atoms with Crippen LogP contribution in [-0.2, 0) is 4.79 Å². The predicted octanol–water partition coefficient (Wildman–Crippen LogP) is -1.32. The van der Waals surface area contributed by atoms with Gasteiger partial charge in [0, 0.05) is 11.6 Å². The highest BCUT2D eigenvalue weighted by atomic mass is 16.4. The number of aliphatic hydroxyl groups is 2. The standard InChI is InChI=1S/C10H11NO7/c11-9(16)8(15)7(14)3-1-4(10(17)18)6(13)2-5(3)12/h1-2,7-8,12-15H,(H2,11,16)(H,17,18). The van der Waals surface area contributed by atoms with Crippen molar-refractivity contribution in [3.05, 3.63) is 23.3 Å². The predicted molar refractivity (Wildman–Crippen MR) is 56.9 cm³/mol. The van der Waals surface area contributed by atoms with Crippen molar-refractivity contribution in [1.29, 1.82) is 0 Å². The van der Waals surface area contributed by atoms with Crippen molar-refractivity contribution in [3.8, 4) is 11.5 Å². The zero-order valence-corrected chi connectivity index (χ0v) is 8.94. The minimum Gasteiger partial charge on any atom is -0.507 e. The molecule has 1 aromatic rings. The van der Waals surface area contributed by atoms with Crippen molar-refractivity contribution in [2.75, 3.05) is 0 Å². The Morgan fingerprint density at radius 2 is 1.67 bits per heavy atom. The number of hydrogen-bond acceptors (Lipinski definition) is 6. The average molecular weight is 257 g/mol. The van der Waals surface area contributed by atoms with Gasteiger partial charge >= 0.3 is 5.97 Å². The Morgan fingerprint density at radius 3 is 2.11 bits per heavy atom. The van der Waals surface area contributed by atoms with E-state index >= 15 is 0 Å². The van der Waals surface area contributed by atoms with Gasteiger partial charge in [0.2, 0.25) is 5.91 Å². The highest BCUT2D eigenvalue weighted by Gasteiger charge is 2.27. The lowest BCUT2D eigenvalue weighted by Crippen LogP contribution is -2.34. The molecule has 0 aliphatic rings. The molecule has 1 aromatic carbocycles. The Labute approximate surface area is 101 Å². The second-order valence-corrected chi connectivity index (χ2v) is 3.53. The third-order valence-corrected chi connectivity index (χ3v) is 2.28. The summed E-state index contributed by atoms with van der Waals surface area (Å²) in [5.74, 6) is -4.14. The summed E-state index contributed by atoms with van der Waals surface area (Å²) in [5, 5.41) is 46.2. The number of aromatic carboxylic acids is 1. The number of aromatic hydroxyl groups is 2. The molecule has 0 aromatic heterocycles. The Bertz CT molecular complexity index is 499. The minimum atomic E-state index is -2.01. The molecular formula is C10H11NO7. The molecule has 2 atom stereocenters. The summed E-state index contributed by atoms with van der Waals surface area (Å²) in [6.45, 7) is 0. The normalized spacial score (nSPS) is 13.9. The van der Waals surface area contributed by atoms with Crippen LogP contribution in [-0.4, -0.2) is 43.5 Å². The van der Waals surface area contributed by atoms with Crippen molar-refractivity contribution >= 4 is 11.9 Å². The Kier molecular flexibility index (Phi) is 3.74. The molecule has 8 heteroatoms. The maximum atomic E-state index is 10.7. The van der Waals surface area contributed by atoms with Crippen LogP contribution in [0, 0.1) is 0 Å². The average Bonchev–Trinajstić information content (AvgIpc) is 2.26. The van der Waals surface area contributed by atoms with Crippen LogP contribution in [0.4, 0.5) is 0 Å². The van der Waals surface area contributed by atoms with Gasteiger partial charge < -0.3 is 31.3 Å². The van der Waals surface area contributed by atoms with Gasteiger partial charge in [-0.2, -0.15) is 0 Å². The van der Waals surface area contributed by atoms with E-state index in [1.807, 2.05) is 0 Å². The van der Waals surface area contributed by atoms with Crippen molar-refractivity contribution in [2.45, 2.75) is 12.2 Å². The summed E-state index contributed by atoms with van der Waals surface area (Å²) in [6, 6.07) is 1.42. The number of nitrogens with two attached hydrogens (primary N) is 1. The molecule has 0 heterocycles. The van der Waals surface area contributed by atoms with Gasteiger partial charge in [0.15, 0.2) is 6.10 Å². The minimum absolute atomic E-state index is 0.434.